The summed E-state index contributed by atoms with van der Waals surface area (Å²) in [4.78, 5) is 46.2. The van der Waals surface area contributed by atoms with Crippen molar-refractivity contribution < 1.29 is 19.1 Å². The minimum atomic E-state index is -1.87. The number of aliphatic imine (C=N–C) groups is 1. The first-order valence-corrected chi connectivity index (χ1v) is 7.57. The minimum absolute atomic E-state index is 0.315. The van der Waals surface area contributed by atoms with Crippen LogP contribution >= 0.6 is 0 Å². The van der Waals surface area contributed by atoms with Crippen LogP contribution in [0.2, 0.25) is 0 Å². The van der Waals surface area contributed by atoms with Crippen molar-refractivity contribution in [3.8, 4) is 5.75 Å². The van der Waals surface area contributed by atoms with E-state index in [9.17, 15) is 14.4 Å². The summed E-state index contributed by atoms with van der Waals surface area (Å²) in [5.41, 5.74) is -1.05. The first-order chi connectivity index (χ1) is 11.8. The number of amides is 4. The molecule has 1 spiro atoms. The summed E-state index contributed by atoms with van der Waals surface area (Å²) < 4.78 is 5.37. The van der Waals surface area contributed by atoms with E-state index in [1.807, 2.05) is 0 Å². The van der Waals surface area contributed by atoms with Crippen molar-refractivity contribution in [2.45, 2.75) is 5.54 Å². The Morgan fingerprint density at radius 3 is 2.24 bits per heavy atom. The second-order valence-corrected chi connectivity index (χ2v) is 6.06. The van der Waals surface area contributed by atoms with E-state index in [1.165, 1.54) is 21.2 Å². The van der Waals surface area contributed by atoms with Gasteiger partial charge in [0.1, 0.15) is 5.75 Å². The van der Waals surface area contributed by atoms with E-state index in [1.54, 1.807) is 37.2 Å². The molecular formula is C16H19N5O4. The van der Waals surface area contributed by atoms with Gasteiger partial charge in [-0.3, -0.25) is 19.4 Å². The molecule has 0 atom stereocenters. The third kappa shape index (κ3) is 2.08. The van der Waals surface area contributed by atoms with Gasteiger partial charge in [-0.15, -0.1) is 0 Å². The van der Waals surface area contributed by atoms with Crippen LogP contribution in [0.1, 0.15) is 5.56 Å². The van der Waals surface area contributed by atoms with E-state index in [-0.39, 0.29) is 0 Å². The molecule has 25 heavy (non-hydrogen) atoms. The quantitative estimate of drug-likeness (QED) is 0.735. The average Bonchev–Trinajstić information content (AvgIpc) is 2.62. The molecule has 0 aromatic heterocycles. The van der Waals surface area contributed by atoms with Crippen molar-refractivity contribution >= 4 is 29.5 Å². The van der Waals surface area contributed by atoms with E-state index in [4.69, 9.17) is 4.74 Å². The highest BCUT2D eigenvalue weighted by Gasteiger charge is 2.60. The SMILES string of the molecule is COc1cccc2c1NC(N(C)C)=NC21C(=O)N(C)C(=O)N(C)C1=O. The van der Waals surface area contributed by atoms with Crippen LogP contribution in [0, 0.1) is 0 Å². The van der Waals surface area contributed by atoms with Gasteiger partial charge in [-0.2, -0.15) is 0 Å². The lowest BCUT2D eigenvalue weighted by Gasteiger charge is -2.42. The highest BCUT2D eigenvalue weighted by molar-refractivity contribution is 6.25. The Balaban J connectivity index is 2.35. The van der Waals surface area contributed by atoms with Crippen molar-refractivity contribution in [2.24, 2.45) is 4.99 Å². The second kappa shape index (κ2) is 5.47. The van der Waals surface area contributed by atoms with Gasteiger partial charge in [0.25, 0.3) is 11.8 Å². The number of barbiturate groups is 1. The van der Waals surface area contributed by atoms with E-state index in [0.717, 1.165) is 9.80 Å². The van der Waals surface area contributed by atoms with Crippen LogP contribution < -0.4 is 10.1 Å². The smallest absolute Gasteiger partial charge is 0.333 e. The largest absolute Gasteiger partial charge is 0.495 e. The zero-order valence-electron chi connectivity index (χ0n) is 14.7. The standard InChI is InChI=1S/C16H19N5O4/c1-19(2)14-17-11-9(7-6-8-10(11)25-5)16(18-14)12(22)20(3)15(24)21(4)13(16)23/h6-8H,1-5H3,(H,17,18). The van der Waals surface area contributed by atoms with E-state index >= 15 is 0 Å². The lowest BCUT2D eigenvalue weighted by Crippen LogP contribution is -2.66. The van der Waals surface area contributed by atoms with Crippen molar-refractivity contribution in [1.29, 1.82) is 0 Å². The molecule has 0 aliphatic carbocycles. The average molecular weight is 345 g/mol. The molecular weight excluding hydrogens is 326 g/mol. The number of carbonyl (C=O) groups is 3. The summed E-state index contributed by atoms with van der Waals surface area (Å²) in [6.07, 6.45) is 0. The van der Waals surface area contributed by atoms with Crippen LogP contribution in [0.3, 0.4) is 0 Å². The van der Waals surface area contributed by atoms with Crippen LogP contribution in [-0.2, 0) is 15.1 Å². The summed E-state index contributed by atoms with van der Waals surface area (Å²) in [6.45, 7) is 0. The van der Waals surface area contributed by atoms with Crippen LogP contribution in [0.4, 0.5) is 10.5 Å². The topological polar surface area (TPSA) is 94.6 Å². The number of likely N-dealkylation sites (N-methyl/N-ethyl adjacent to an activating group) is 2. The molecule has 3 rings (SSSR count). The van der Waals surface area contributed by atoms with E-state index < -0.39 is 23.4 Å². The Morgan fingerprint density at radius 1 is 1.12 bits per heavy atom. The summed E-state index contributed by atoms with van der Waals surface area (Å²) in [5, 5.41) is 3.09. The maximum Gasteiger partial charge on any atom is 0.333 e. The fourth-order valence-electron chi connectivity index (χ4n) is 3.00. The van der Waals surface area contributed by atoms with Gasteiger partial charge < -0.3 is 15.0 Å². The van der Waals surface area contributed by atoms with E-state index in [2.05, 4.69) is 10.3 Å². The Kier molecular flexibility index (Phi) is 3.66. The number of nitrogens with one attached hydrogen (secondary N) is 1. The zero-order chi connectivity index (χ0) is 18.5. The second-order valence-electron chi connectivity index (χ2n) is 6.06. The molecule has 9 nitrogen and oxygen atoms in total. The molecule has 2 aliphatic heterocycles. The fraction of sp³-hybridized carbons (Fsp3) is 0.375. The number of carbonyl (C=O) groups excluding carboxylic acids is 3. The molecule has 1 N–H and O–H groups in total. The van der Waals surface area contributed by atoms with Gasteiger partial charge in [0.05, 0.1) is 12.8 Å². The molecule has 1 fully saturated rings. The normalized spacial score (nSPS) is 18.8. The number of guanidine groups is 1. The molecule has 0 unspecified atom stereocenters. The molecule has 0 bridgehead atoms. The van der Waals surface area contributed by atoms with Crippen molar-refractivity contribution in [3.05, 3.63) is 23.8 Å². The highest BCUT2D eigenvalue weighted by Crippen LogP contribution is 2.44. The van der Waals surface area contributed by atoms with Gasteiger partial charge in [0, 0.05) is 33.8 Å². The number of hydrogen-bond donors (Lipinski definition) is 1. The molecule has 0 radical (unpaired) electrons. The molecule has 0 saturated carbocycles. The van der Waals surface area contributed by atoms with E-state index in [0.29, 0.717) is 23.0 Å². The molecule has 2 heterocycles. The number of hydrogen-bond acceptors (Lipinski definition) is 7. The minimum Gasteiger partial charge on any atom is -0.495 e. The van der Waals surface area contributed by atoms with Gasteiger partial charge in [-0.1, -0.05) is 12.1 Å². The predicted octanol–water partition coefficient (Wildman–Crippen LogP) is 0.284. The first kappa shape index (κ1) is 16.7. The number of para-hydroxylation sites is 1. The predicted molar refractivity (Wildman–Crippen MR) is 90.4 cm³/mol. The van der Waals surface area contributed by atoms with Crippen molar-refractivity contribution in [1.82, 2.24) is 14.7 Å². The summed E-state index contributed by atoms with van der Waals surface area (Å²) in [7, 11) is 7.63. The number of methoxy groups -OCH3 is 1. The number of urea groups is 1. The van der Waals surface area contributed by atoms with Crippen LogP contribution in [0.25, 0.3) is 0 Å². The maximum atomic E-state index is 13.1. The van der Waals surface area contributed by atoms with Gasteiger partial charge >= 0.3 is 6.03 Å². The van der Waals surface area contributed by atoms with Crippen molar-refractivity contribution in [3.63, 3.8) is 0 Å². The number of imide groups is 2. The molecule has 132 valence electrons. The highest BCUT2D eigenvalue weighted by atomic mass is 16.5. The fourth-order valence-corrected chi connectivity index (χ4v) is 3.00. The number of fused-ring (bicyclic) bond motifs is 2. The monoisotopic (exact) mass is 345 g/mol. The molecule has 4 amide bonds. The molecule has 1 saturated heterocycles. The van der Waals surface area contributed by atoms with Crippen LogP contribution in [0.15, 0.2) is 23.2 Å². The van der Waals surface area contributed by atoms with Crippen LogP contribution in [0.5, 0.6) is 5.75 Å². The molecule has 1 aromatic rings. The number of benzene rings is 1. The molecule has 2 aliphatic rings. The van der Waals surface area contributed by atoms with Crippen molar-refractivity contribution in [2.75, 3.05) is 40.6 Å². The Morgan fingerprint density at radius 2 is 1.72 bits per heavy atom. The van der Waals surface area contributed by atoms with Gasteiger partial charge in [0.2, 0.25) is 5.54 Å². The third-order valence-corrected chi connectivity index (χ3v) is 4.37. The third-order valence-electron chi connectivity index (χ3n) is 4.37. The van der Waals surface area contributed by atoms with Gasteiger partial charge in [0.15, 0.2) is 5.96 Å². The molecule has 9 heteroatoms. The first-order valence-electron chi connectivity index (χ1n) is 7.57. The summed E-state index contributed by atoms with van der Waals surface area (Å²) >= 11 is 0. The number of nitrogens with zero attached hydrogens (tertiary/aromatic N) is 4. The number of ether oxygens (including phenoxy) is 1. The lowest BCUT2D eigenvalue weighted by molar-refractivity contribution is -0.150. The summed E-state index contributed by atoms with van der Waals surface area (Å²) in [5.74, 6) is -0.615. The van der Waals surface area contributed by atoms with Crippen LogP contribution in [-0.4, -0.2) is 73.8 Å². The van der Waals surface area contributed by atoms with Gasteiger partial charge in [-0.05, 0) is 6.07 Å². The maximum absolute atomic E-state index is 13.1. The number of rotatable bonds is 1. The molecule has 1 aromatic carbocycles. The summed E-state index contributed by atoms with van der Waals surface area (Å²) in [6, 6.07) is 4.33. The lowest BCUT2D eigenvalue weighted by atomic mass is 9.83. The zero-order valence-corrected chi connectivity index (χ0v) is 14.7. The van der Waals surface area contributed by atoms with Gasteiger partial charge in [-0.25, -0.2) is 9.79 Å². The Bertz CT molecular complexity index is 793. The number of anilines is 1. The Labute approximate surface area is 144 Å². The Hall–Kier alpha value is -3.10.